The summed E-state index contributed by atoms with van der Waals surface area (Å²) in [5.41, 5.74) is 2.55. The number of hydrogen-bond donors (Lipinski definition) is 1. The summed E-state index contributed by atoms with van der Waals surface area (Å²) in [5, 5.41) is 3.38. The van der Waals surface area contributed by atoms with E-state index in [1.807, 2.05) is 11.8 Å². The van der Waals surface area contributed by atoms with Crippen molar-refractivity contribution >= 4 is 17.6 Å². The molecule has 1 heterocycles. The van der Waals surface area contributed by atoms with Crippen LogP contribution < -0.4 is 5.32 Å². The Balaban J connectivity index is 1.70. The number of amidine groups is 1. The van der Waals surface area contributed by atoms with Crippen LogP contribution in [0.4, 0.5) is 0 Å². The van der Waals surface area contributed by atoms with E-state index in [1.165, 1.54) is 16.0 Å². The monoisotopic (exact) mass is 282 g/mol. The number of hydrogen-bond acceptors (Lipinski definition) is 3. The highest BCUT2D eigenvalue weighted by Crippen LogP contribution is 2.23. The molecule has 0 amide bonds. The van der Waals surface area contributed by atoms with Crippen molar-refractivity contribution in [1.29, 1.82) is 0 Å². The summed E-state index contributed by atoms with van der Waals surface area (Å²) in [6.07, 6.45) is 1.13. The van der Waals surface area contributed by atoms with Gasteiger partial charge in [0.05, 0.1) is 0 Å². The average Bonchev–Trinajstić information content (AvgIpc) is 2.55. The van der Waals surface area contributed by atoms with Crippen LogP contribution in [0.15, 0.2) is 64.5 Å². The Bertz CT molecular complexity index is 593. The highest BCUT2D eigenvalue weighted by Gasteiger charge is 2.07. The van der Waals surface area contributed by atoms with E-state index >= 15 is 0 Å². The second-order valence-corrected chi connectivity index (χ2v) is 5.86. The van der Waals surface area contributed by atoms with Crippen LogP contribution in [0.25, 0.3) is 0 Å². The first-order chi connectivity index (χ1) is 9.92. The number of nitrogens with zero attached hydrogens (tertiary/aromatic N) is 1. The predicted molar refractivity (Wildman–Crippen MR) is 86.5 cm³/mol. The second-order valence-electron chi connectivity index (χ2n) is 4.81. The van der Waals surface area contributed by atoms with E-state index in [4.69, 9.17) is 0 Å². The molecule has 0 fully saturated rings. The van der Waals surface area contributed by atoms with Gasteiger partial charge >= 0.3 is 0 Å². The molecule has 2 aromatic rings. The van der Waals surface area contributed by atoms with Crippen molar-refractivity contribution in [2.45, 2.75) is 17.1 Å². The third-order valence-corrected chi connectivity index (χ3v) is 4.32. The largest absolute Gasteiger partial charge is 0.370 e. The molecule has 2 nitrogen and oxygen atoms in total. The summed E-state index contributed by atoms with van der Waals surface area (Å²) in [6.45, 7) is 1.96. The number of benzene rings is 2. The normalized spacial score (nSPS) is 14.5. The molecule has 0 bridgehead atoms. The molecular formula is C17H18N2S. The maximum Gasteiger partial charge on any atom is 0.128 e. The fourth-order valence-electron chi connectivity index (χ4n) is 2.20. The smallest absolute Gasteiger partial charge is 0.128 e. The van der Waals surface area contributed by atoms with Gasteiger partial charge in [-0.25, -0.2) is 0 Å². The van der Waals surface area contributed by atoms with Crippen LogP contribution in [0.2, 0.25) is 0 Å². The summed E-state index contributed by atoms with van der Waals surface area (Å²) >= 11 is 1.87. The molecule has 2 aromatic carbocycles. The second kappa shape index (κ2) is 6.62. The molecule has 0 radical (unpaired) electrons. The zero-order valence-corrected chi connectivity index (χ0v) is 12.2. The molecule has 20 heavy (non-hydrogen) atoms. The standard InChI is InChI=1S/C17H18N2S/c1-2-6-14(7-3-1)13-20-16-9-4-8-15(12-16)17-18-10-5-11-19-17/h1-4,6-9,12H,5,10-11,13H2,(H,18,19). The molecule has 0 aromatic heterocycles. The first-order valence-corrected chi connectivity index (χ1v) is 7.96. The lowest BCUT2D eigenvalue weighted by Crippen LogP contribution is -2.30. The number of rotatable bonds is 4. The maximum absolute atomic E-state index is 4.56. The fraction of sp³-hybridized carbons (Fsp3) is 0.235. The van der Waals surface area contributed by atoms with E-state index in [2.05, 4.69) is 64.9 Å². The lowest BCUT2D eigenvalue weighted by atomic mass is 10.2. The van der Waals surface area contributed by atoms with E-state index in [0.717, 1.165) is 31.1 Å². The van der Waals surface area contributed by atoms with Crippen LogP contribution in [0.3, 0.4) is 0 Å². The van der Waals surface area contributed by atoms with E-state index in [-0.39, 0.29) is 0 Å². The number of thioether (sulfide) groups is 1. The summed E-state index contributed by atoms with van der Waals surface area (Å²) < 4.78 is 0. The van der Waals surface area contributed by atoms with Gasteiger partial charge in [-0.15, -0.1) is 11.8 Å². The van der Waals surface area contributed by atoms with Crippen LogP contribution in [0, 0.1) is 0 Å². The third-order valence-electron chi connectivity index (χ3n) is 3.25. The minimum Gasteiger partial charge on any atom is -0.370 e. The number of aliphatic imine (C=N–C) groups is 1. The van der Waals surface area contributed by atoms with Gasteiger partial charge in [0.15, 0.2) is 0 Å². The number of nitrogens with one attached hydrogen (secondary N) is 1. The van der Waals surface area contributed by atoms with Crippen LogP contribution in [-0.4, -0.2) is 18.9 Å². The van der Waals surface area contributed by atoms with Gasteiger partial charge in [0, 0.05) is 29.3 Å². The van der Waals surface area contributed by atoms with E-state index < -0.39 is 0 Å². The molecule has 0 atom stereocenters. The first kappa shape index (κ1) is 13.3. The van der Waals surface area contributed by atoms with E-state index in [0.29, 0.717) is 0 Å². The van der Waals surface area contributed by atoms with Gasteiger partial charge in [0.2, 0.25) is 0 Å². The lowest BCUT2D eigenvalue weighted by Gasteiger charge is -2.15. The molecule has 1 aliphatic rings. The molecule has 1 N–H and O–H groups in total. The summed E-state index contributed by atoms with van der Waals surface area (Å²) in [6, 6.07) is 19.2. The topological polar surface area (TPSA) is 24.4 Å². The van der Waals surface area contributed by atoms with Gasteiger partial charge in [-0.2, -0.15) is 0 Å². The van der Waals surface area contributed by atoms with Crippen molar-refractivity contribution in [3.05, 3.63) is 65.7 Å². The molecule has 0 saturated carbocycles. The molecule has 1 aliphatic heterocycles. The van der Waals surface area contributed by atoms with E-state index in [9.17, 15) is 0 Å². The van der Waals surface area contributed by atoms with Gasteiger partial charge in [0.25, 0.3) is 0 Å². The quantitative estimate of drug-likeness (QED) is 0.864. The highest BCUT2D eigenvalue weighted by molar-refractivity contribution is 7.98. The Morgan fingerprint density at radius 2 is 1.95 bits per heavy atom. The van der Waals surface area contributed by atoms with Crippen molar-refractivity contribution in [1.82, 2.24) is 5.32 Å². The van der Waals surface area contributed by atoms with Gasteiger partial charge in [-0.3, -0.25) is 4.99 Å². The molecule has 0 aliphatic carbocycles. The maximum atomic E-state index is 4.56. The molecule has 3 heteroatoms. The van der Waals surface area contributed by atoms with Crippen LogP contribution >= 0.6 is 11.8 Å². The van der Waals surface area contributed by atoms with Gasteiger partial charge in [-0.1, -0.05) is 42.5 Å². The Kier molecular flexibility index (Phi) is 4.38. The van der Waals surface area contributed by atoms with Crippen LogP contribution in [0.1, 0.15) is 17.5 Å². The average molecular weight is 282 g/mol. The van der Waals surface area contributed by atoms with Crippen LogP contribution in [0.5, 0.6) is 0 Å². The lowest BCUT2D eigenvalue weighted by molar-refractivity contribution is 0.742. The Morgan fingerprint density at radius 3 is 2.75 bits per heavy atom. The van der Waals surface area contributed by atoms with Crippen molar-refractivity contribution in [3.8, 4) is 0 Å². The van der Waals surface area contributed by atoms with E-state index in [1.54, 1.807) is 0 Å². The fourth-order valence-corrected chi connectivity index (χ4v) is 3.11. The molecular weight excluding hydrogens is 264 g/mol. The van der Waals surface area contributed by atoms with Crippen molar-refractivity contribution in [3.63, 3.8) is 0 Å². The zero-order valence-electron chi connectivity index (χ0n) is 11.4. The third kappa shape index (κ3) is 3.42. The van der Waals surface area contributed by atoms with Gasteiger partial charge in [0.1, 0.15) is 5.84 Å². The SMILES string of the molecule is c1ccc(CSc2cccc(C3=NCCCN3)c2)cc1. The molecule has 3 rings (SSSR count). The van der Waals surface area contributed by atoms with Crippen molar-refractivity contribution in [2.75, 3.05) is 13.1 Å². The first-order valence-electron chi connectivity index (χ1n) is 6.97. The predicted octanol–water partition coefficient (Wildman–Crippen LogP) is 3.72. The molecule has 0 unspecified atom stereocenters. The summed E-state index contributed by atoms with van der Waals surface area (Å²) in [4.78, 5) is 5.85. The van der Waals surface area contributed by atoms with Crippen LogP contribution in [-0.2, 0) is 5.75 Å². The van der Waals surface area contributed by atoms with Crippen molar-refractivity contribution < 1.29 is 0 Å². The Morgan fingerprint density at radius 1 is 1.05 bits per heavy atom. The zero-order chi connectivity index (χ0) is 13.6. The minimum absolute atomic E-state index is 0.934. The summed E-state index contributed by atoms with van der Waals surface area (Å²) in [5.74, 6) is 2.04. The van der Waals surface area contributed by atoms with Crippen molar-refractivity contribution in [2.24, 2.45) is 4.99 Å². The minimum atomic E-state index is 0.934. The Hall–Kier alpha value is -1.74. The van der Waals surface area contributed by atoms with Gasteiger partial charge < -0.3 is 5.32 Å². The molecule has 0 saturated heterocycles. The molecule has 102 valence electrons. The van der Waals surface area contributed by atoms with Gasteiger partial charge in [-0.05, 0) is 24.1 Å². The molecule has 0 spiro atoms. The highest BCUT2D eigenvalue weighted by atomic mass is 32.2. The Labute approximate surface area is 124 Å². The summed E-state index contributed by atoms with van der Waals surface area (Å²) in [7, 11) is 0.